The highest BCUT2D eigenvalue weighted by Gasteiger charge is 2.10. The van der Waals surface area contributed by atoms with Crippen molar-refractivity contribution in [3.8, 4) is 0 Å². The second-order valence-electron chi connectivity index (χ2n) is 3.73. The number of aliphatic hydroxyl groups excluding tert-OH is 1. The standard InChI is InChI=1S/C12H15BrClNO2/c1-2-9(16)5-6-15-12(17)10-7-8(13)3-4-11(10)14/h3-4,7,9,16H,2,5-6H2,1H3,(H,15,17). The molecular formula is C12H15BrClNO2. The van der Waals surface area contributed by atoms with Crippen LogP contribution in [0.1, 0.15) is 30.1 Å². The van der Waals surface area contributed by atoms with Gasteiger partial charge in [-0.15, -0.1) is 0 Å². The van der Waals surface area contributed by atoms with Crippen molar-refractivity contribution < 1.29 is 9.90 Å². The van der Waals surface area contributed by atoms with E-state index in [0.29, 0.717) is 30.0 Å². The van der Waals surface area contributed by atoms with Gasteiger partial charge in [0.25, 0.3) is 5.91 Å². The van der Waals surface area contributed by atoms with Gasteiger partial charge in [-0.05, 0) is 31.0 Å². The quantitative estimate of drug-likeness (QED) is 0.876. The third-order valence-electron chi connectivity index (χ3n) is 2.41. The molecule has 0 aliphatic rings. The maximum atomic E-state index is 11.8. The molecule has 0 saturated heterocycles. The first-order valence-electron chi connectivity index (χ1n) is 5.46. The molecule has 0 radical (unpaired) electrons. The van der Waals surface area contributed by atoms with E-state index in [4.69, 9.17) is 11.6 Å². The van der Waals surface area contributed by atoms with Gasteiger partial charge in [0.2, 0.25) is 0 Å². The summed E-state index contributed by atoms with van der Waals surface area (Å²) in [7, 11) is 0. The molecule has 0 fully saturated rings. The molecule has 0 aliphatic carbocycles. The summed E-state index contributed by atoms with van der Waals surface area (Å²) < 4.78 is 0.806. The summed E-state index contributed by atoms with van der Waals surface area (Å²) in [6.45, 7) is 2.34. The lowest BCUT2D eigenvalue weighted by Gasteiger charge is -2.09. The van der Waals surface area contributed by atoms with Gasteiger partial charge in [-0.25, -0.2) is 0 Å². The molecular weight excluding hydrogens is 305 g/mol. The van der Waals surface area contributed by atoms with Crippen molar-refractivity contribution in [2.75, 3.05) is 6.54 Å². The van der Waals surface area contributed by atoms with Crippen molar-refractivity contribution in [1.82, 2.24) is 5.32 Å². The van der Waals surface area contributed by atoms with E-state index in [0.717, 1.165) is 4.47 Å². The first-order valence-corrected chi connectivity index (χ1v) is 6.63. The highest BCUT2D eigenvalue weighted by molar-refractivity contribution is 9.10. The fourth-order valence-electron chi connectivity index (χ4n) is 1.32. The van der Waals surface area contributed by atoms with E-state index in [1.54, 1.807) is 18.2 Å². The van der Waals surface area contributed by atoms with Gasteiger partial charge in [-0.3, -0.25) is 4.79 Å². The number of carbonyl (C=O) groups is 1. The zero-order valence-electron chi connectivity index (χ0n) is 9.54. The molecule has 0 heterocycles. The lowest BCUT2D eigenvalue weighted by molar-refractivity contribution is 0.0942. The van der Waals surface area contributed by atoms with Crippen molar-refractivity contribution in [3.05, 3.63) is 33.3 Å². The molecule has 17 heavy (non-hydrogen) atoms. The maximum absolute atomic E-state index is 11.8. The second-order valence-corrected chi connectivity index (χ2v) is 5.05. The molecule has 0 aromatic heterocycles. The van der Waals surface area contributed by atoms with Gasteiger partial charge in [-0.2, -0.15) is 0 Å². The highest BCUT2D eigenvalue weighted by atomic mass is 79.9. The summed E-state index contributed by atoms with van der Waals surface area (Å²) >= 11 is 9.22. The SMILES string of the molecule is CCC(O)CCNC(=O)c1cc(Br)ccc1Cl. The molecule has 2 N–H and O–H groups in total. The van der Waals surface area contributed by atoms with Crippen LogP contribution in [0.15, 0.2) is 22.7 Å². The minimum absolute atomic E-state index is 0.223. The summed E-state index contributed by atoms with van der Waals surface area (Å²) in [4.78, 5) is 11.8. The molecule has 0 bridgehead atoms. The third-order valence-corrected chi connectivity index (χ3v) is 3.23. The topological polar surface area (TPSA) is 49.3 Å². The molecule has 0 aliphatic heterocycles. The number of nitrogens with one attached hydrogen (secondary N) is 1. The number of hydrogen-bond acceptors (Lipinski definition) is 2. The van der Waals surface area contributed by atoms with Crippen molar-refractivity contribution >= 4 is 33.4 Å². The van der Waals surface area contributed by atoms with Crippen LogP contribution in [-0.2, 0) is 0 Å². The molecule has 3 nitrogen and oxygen atoms in total. The Morgan fingerprint density at radius 2 is 2.29 bits per heavy atom. The normalized spacial score (nSPS) is 12.2. The van der Waals surface area contributed by atoms with Crippen LogP contribution in [0.5, 0.6) is 0 Å². The summed E-state index contributed by atoms with van der Waals surface area (Å²) in [5.41, 5.74) is 0.437. The lowest BCUT2D eigenvalue weighted by atomic mass is 10.2. The average molecular weight is 321 g/mol. The smallest absolute Gasteiger partial charge is 0.252 e. The minimum Gasteiger partial charge on any atom is -0.393 e. The summed E-state index contributed by atoms with van der Waals surface area (Å²) in [6, 6.07) is 5.12. The van der Waals surface area contributed by atoms with E-state index >= 15 is 0 Å². The predicted octanol–water partition coefficient (Wildman–Crippen LogP) is 2.99. The highest BCUT2D eigenvalue weighted by Crippen LogP contribution is 2.20. The molecule has 1 rings (SSSR count). The van der Waals surface area contributed by atoms with E-state index < -0.39 is 0 Å². The number of hydrogen-bond donors (Lipinski definition) is 2. The van der Waals surface area contributed by atoms with Crippen LogP contribution in [0, 0.1) is 0 Å². The summed E-state index contributed by atoms with van der Waals surface area (Å²) in [6.07, 6.45) is 0.870. The minimum atomic E-state index is -0.367. The molecule has 94 valence electrons. The summed E-state index contributed by atoms with van der Waals surface area (Å²) in [5.74, 6) is -0.223. The van der Waals surface area contributed by atoms with Crippen LogP contribution in [0.2, 0.25) is 5.02 Å². The number of carbonyl (C=O) groups excluding carboxylic acids is 1. The lowest BCUT2D eigenvalue weighted by Crippen LogP contribution is -2.27. The monoisotopic (exact) mass is 319 g/mol. The van der Waals surface area contributed by atoms with Crippen molar-refractivity contribution in [2.45, 2.75) is 25.9 Å². The van der Waals surface area contributed by atoms with Crippen LogP contribution in [0.25, 0.3) is 0 Å². The van der Waals surface area contributed by atoms with E-state index in [9.17, 15) is 9.90 Å². The molecule has 1 amide bonds. The fraction of sp³-hybridized carbons (Fsp3) is 0.417. The average Bonchev–Trinajstić information content (AvgIpc) is 2.31. The first kappa shape index (κ1) is 14.5. The molecule has 1 unspecified atom stereocenters. The van der Waals surface area contributed by atoms with Gasteiger partial charge in [-0.1, -0.05) is 34.5 Å². The Morgan fingerprint density at radius 1 is 1.59 bits per heavy atom. The molecule has 5 heteroatoms. The Bertz CT molecular complexity index is 398. The van der Waals surface area contributed by atoms with Crippen LogP contribution in [0.3, 0.4) is 0 Å². The molecule has 1 atom stereocenters. The Labute approximate surface area is 114 Å². The third kappa shape index (κ3) is 4.66. The van der Waals surface area contributed by atoms with Crippen molar-refractivity contribution in [1.29, 1.82) is 0 Å². The van der Waals surface area contributed by atoms with Crippen molar-refractivity contribution in [2.24, 2.45) is 0 Å². The molecule has 1 aromatic rings. The largest absolute Gasteiger partial charge is 0.393 e. The van der Waals surface area contributed by atoms with E-state index in [-0.39, 0.29) is 12.0 Å². The zero-order valence-corrected chi connectivity index (χ0v) is 11.9. The van der Waals surface area contributed by atoms with Crippen LogP contribution < -0.4 is 5.32 Å². The van der Waals surface area contributed by atoms with E-state index in [2.05, 4.69) is 21.2 Å². The van der Waals surface area contributed by atoms with Gasteiger partial charge in [0.05, 0.1) is 16.7 Å². The Morgan fingerprint density at radius 3 is 2.94 bits per heavy atom. The van der Waals surface area contributed by atoms with Gasteiger partial charge in [0.15, 0.2) is 0 Å². The van der Waals surface area contributed by atoms with Crippen LogP contribution in [0.4, 0.5) is 0 Å². The molecule has 0 spiro atoms. The second kappa shape index (κ2) is 6.99. The number of amides is 1. The maximum Gasteiger partial charge on any atom is 0.252 e. The molecule has 1 aromatic carbocycles. The first-order chi connectivity index (χ1) is 8.04. The predicted molar refractivity (Wildman–Crippen MR) is 72.4 cm³/mol. The van der Waals surface area contributed by atoms with Crippen molar-refractivity contribution in [3.63, 3.8) is 0 Å². The number of benzene rings is 1. The van der Waals surface area contributed by atoms with Crippen LogP contribution >= 0.6 is 27.5 Å². The fourth-order valence-corrected chi connectivity index (χ4v) is 1.89. The number of rotatable bonds is 5. The van der Waals surface area contributed by atoms with Gasteiger partial charge in [0.1, 0.15) is 0 Å². The number of halogens is 2. The Hall–Kier alpha value is -0.580. The van der Waals surface area contributed by atoms with Crippen LogP contribution in [-0.4, -0.2) is 23.7 Å². The van der Waals surface area contributed by atoms with Gasteiger partial charge in [0, 0.05) is 11.0 Å². The van der Waals surface area contributed by atoms with E-state index in [1.807, 2.05) is 6.92 Å². The summed E-state index contributed by atoms with van der Waals surface area (Å²) in [5, 5.41) is 12.5. The van der Waals surface area contributed by atoms with Gasteiger partial charge < -0.3 is 10.4 Å². The number of aliphatic hydroxyl groups is 1. The van der Waals surface area contributed by atoms with Gasteiger partial charge >= 0.3 is 0 Å². The molecule has 0 saturated carbocycles. The Kier molecular flexibility index (Phi) is 5.95. The Balaban J connectivity index is 2.55. The van der Waals surface area contributed by atoms with E-state index in [1.165, 1.54) is 0 Å². The zero-order chi connectivity index (χ0) is 12.8.